The zero-order valence-corrected chi connectivity index (χ0v) is 15.5. The molecule has 0 aromatic heterocycles. The number of amidine groups is 1. The summed E-state index contributed by atoms with van der Waals surface area (Å²) in [7, 11) is 0. The molecular weight excluding hydrogens is 294 g/mol. The molecule has 2 rings (SSSR count). The number of benzene rings is 1. The molecule has 0 spiro atoms. The van der Waals surface area contributed by atoms with E-state index in [-0.39, 0.29) is 0 Å². The highest BCUT2D eigenvalue weighted by Crippen LogP contribution is 2.14. The minimum Gasteiger partial charge on any atom is -0.370 e. The molecule has 3 heteroatoms. The van der Waals surface area contributed by atoms with Crippen LogP contribution in [-0.4, -0.2) is 30.4 Å². The highest BCUT2D eigenvalue weighted by molar-refractivity contribution is 5.79. The molecule has 1 saturated heterocycles. The lowest BCUT2D eigenvalue weighted by Gasteiger charge is -2.26. The van der Waals surface area contributed by atoms with Crippen LogP contribution in [0.1, 0.15) is 57.1 Å². The quantitative estimate of drug-likeness (QED) is 0.431. The van der Waals surface area contributed by atoms with Gasteiger partial charge in [0, 0.05) is 13.1 Å². The van der Waals surface area contributed by atoms with Crippen molar-refractivity contribution in [3.8, 4) is 0 Å². The summed E-state index contributed by atoms with van der Waals surface area (Å²) in [6, 6.07) is 8.88. The molecule has 0 saturated carbocycles. The zero-order valence-electron chi connectivity index (χ0n) is 15.5. The number of aliphatic imine (C=N–C) groups is 1. The smallest absolute Gasteiger partial charge is 0.0938 e. The third kappa shape index (κ3) is 6.88. The largest absolute Gasteiger partial charge is 0.370 e. The first kappa shape index (κ1) is 18.7. The van der Waals surface area contributed by atoms with Crippen molar-refractivity contribution < 1.29 is 0 Å². The molecule has 1 aliphatic heterocycles. The molecule has 0 radical (unpaired) electrons. The molecule has 1 N–H and O–H groups in total. The second kappa shape index (κ2) is 10.3. The first-order valence-corrected chi connectivity index (χ1v) is 9.39. The van der Waals surface area contributed by atoms with E-state index in [0.29, 0.717) is 0 Å². The van der Waals surface area contributed by atoms with Crippen LogP contribution >= 0.6 is 0 Å². The molecule has 132 valence electrons. The van der Waals surface area contributed by atoms with Crippen LogP contribution in [0.15, 0.2) is 41.4 Å². The molecule has 0 aliphatic carbocycles. The van der Waals surface area contributed by atoms with Gasteiger partial charge in [0.1, 0.15) is 0 Å². The Morgan fingerprint density at radius 3 is 2.71 bits per heavy atom. The van der Waals surface area contributed by atoms with Gasteiger partial charge in [-0.1, -0.05) is 56.2 Å². The van der Waals surface area contributed by atoms with E-state index in [1.165, 1.54) is 49.1 Å². The average Bonchev–Trinajstić information content (AvgIpc) is 2.60. The Balaban J connectivity index is 1.82. The number of nitrogens with one attached hydrogen (secondary N) is 1. The van der Waals surface area contributed by atoms with Crippen LogP contribution in [0.5, 0.6) is 0 Å². The maximum atomic E-state index is 4.67. The Hall–Kier alpha value is -1.61. The van der Waals surface area contributed by atoms with Crippen molar-refractivity contribution in [2.24, 2.45) is 4.99 Å². The second-order valence-electron chi connectivity index (χ2n) is 6.91. The van der Waals surface area contributed by atoms with Gasteiger partial charge < -0.3 is 5.32 Å². The fourth-order valence-electron chi connectivity index (χ4n) is 3.16. The van der Waals surface area contributed by atoms with Gasteiger partial charge >= 0.3 is 0 Å². The van der Waals surface area contributed by atoms with E-state index in [2.05, 4.69) is 53.0 Å². The lowest BCUT2D eigenvalue weighted by Crippen LogP contribution is -2.29. The van der Waals surface area contributed by atoms with Gasteiger partial charge in [-0.3, -0.25) is 9.89 Å². The first-order valence-electron chi connectivity index (χ1n) is 9.39. The average molecular weight is 328 g/mol. The van der Waals surface area contributed by atoms with Gasteiger partial charge in [-0.2, -0.15) is 0 Å². The molecule has 1 fully saturated rings. The predicted molar refractivity (Wildman–Crippen MR) is 104 cm³/mol. The number of hydrogen-bond donors (Lipinski definition) is 1. The molecule has 3 nitrogen and oxygen atoms in total. The van der Waals surface area contributed by atoms with Gasteiger partial charge in [0.25, 0.3) is 0 Å². The highest BCUT2D eigenvalue weighted by Gasteiger charge is 2.10. The molecule has 1 heterocycles. The van der Waals surface area contributed by atoms with Gasteiger partial charge in [0.2, 0.25) is 0 Å². The van der Waals surface area contributed by atoms with Crippen LogP contribution in [0.3, 0.4) is 0 Å². The van der Waals surface area contributed by atoms with E-state index in [9.17, 15) is 0 Å². The predicted octanol–water partition coefficient (Wildman–Crippen LogP) is 4.54. The molecular formula is C21H33N3. The highest BCUT2D eigenvalue weighted by atomic mass is 15.1. The minimum absolute atomic E-state index is 0.743. The molecule has 1 aromatic rings. The van der Waals surface area contributed by atoms with E-state index in [1.807, 2.05) is 6.92 Å². The van der Waals surface area contributed by atoms with Gasteiger partial charge in [0.05, 0.1) is 12.4 Å². The summed E-state index contributed by atoms with van der Waals surface area (Å²) in [5.41, 5.74) is 3.94. The molecule has 0 atom stereocenters. The van der Waals surface area contributed by atoms with Crippen LogP contribution in [0.2, 0.25) is 0 Å². The normalized spacial score (nSPS) is 16.2. The van der Waals surface area contributed by atoms with Crippen molar-refractivity contribution in [3.05, 3.63) is 47.5 Å². The Bertz CT molecular complexity index is 542. The molecule has 1 aliphatic rings. The van der Waals surface area contributed by atoms with Crippen molar-refractivity contribution in [2.45, 2.75) is 59.0 Å². The summed E-state index contributed by atoms with van der Waals surface area (Å²) < 4.78 is 0. The van der Waals surface area contributed by atoms with E-state index < -0.39 is 0 Å². The van der Waals surface area contributed by atoms with Crippen molar-refractivity contribution >= 4 is 5.84 Å². The molecule has 0 bridgehead atoms. The van der Waals surface area contributed by atoms with Crippen molar-refractivity contribution in [3.63, 3.8) is 0 Å². The van der Waals surface area contributed by atoms with E-state index >= 15 is 0 Å². The lowest BCUT2D eigenvalue weighted by atomic mass is 10.1. The Kier molecular flexibility index (Phi) is 8.03. The third-order valence-electron chi connectivity index (χ3n) is 4.54. The summed E-state index contributed by atoms with van der Waals surface area (Å²) in [5.74, 6) is 0.994. The number of hydrogen-bond acceptors (Lipinski definition) is 2. The van der Waals surface area contributed by atoms with E-state index in [4.69, 9.17) is 0 Å². The van der Waals surface area contributed by atoms with Crippen molar-refractivity contribution in [2.75, 3.05) is 19.6 Å². The maximum Gasteiger partial charge on any atom is 0.0938 e. The summed E-state index contributed by atoms with van der Waals surface area (Å²) in [6.07, 6.45) is 6.32. The Labute approximate surface area is 147 Å². The van der Waals surface area contributed by atoms with E-state index in [0.717, 1.165) is 38.3 Å². The fourth-order valence-corrected chi connectivity index (χ4v) is 3.16. The molecule has 24 heavy (non-hydrogen) atoms. The molecule has 0 unspecified atom stereocenters. The van der Waals surface area contributed by atoms with E-state index in [1.54, 1.807) is 0 Å². The number of rotatable bonds is 8. The van der Waals surface area contributed by atoms with Crippen LogP contribution in [0.4, 0.5) is 0 Å². The summed E-state index contributed by atoms with van der Waals surface area (Å²) >= 11 is 0. The van der Waals surface area contributed by atoms with Crippen molar-refractivity contribution in [1.82, 2.24) is 10.2 Å². The van der Waals surface area contributed by atoms with Crippen LogP contribution in [0.25, 0.3) is 0 Å². The monoisotopic (exact) mass is 327 g/mol. The number of piperidine rings is 1. The Morgan fingerprint density at radius 1 is 1.21 bits per heavy atom. The van der Waals surface area contributed by atoms with Crippen molar-refractivity contribution in [1.29, 1.82) is 0 Å². The topological polar surface area (TPSA) is 27.6 Å². The lowest BCUT2D eigenvalue weighted by molar-refractivity contribution is 0.221. The first-order chi connectivity index (χ1) is 11.7. The fraction of sp³-hybridized carbons (Fsp3) is 0.571. The van der Waals surface area contributed by atoms with Gasteiger partial charge in [-0.05, 0) is 50.4 Å². The summed E-state index contributed by atoms with van der Waals surface area (Å²) in [6.45, 7) is 13.4. The van der Waals surface area contributed by atoms with Gasteiger partial charge in [-0.15, -0.1) is 0 Å². The zero-order chi connectivity index (χ0) is 17.2. The number of likely N-dealkylation sites (tertiary alicyclic amines) is 1. The summed E-state index contributed by atoms with van der Waals surface area (Å²) in [4.78, 5) is 7.23. The molecule has 1 aromatic carbocycles. The standard InChI is InChI=1S/C21H33N3/c1-4-9-18(2)15-22-19(3)23-16-20-10-8-11-21(14-20)17-24-12-6-5-7-13-24/h8,10-11,14H,2,4-7,9,12-13,15-17H2,1,3H3,(H,22,23). The number of nitrogens with zero attached hydrogens (tertiary/aromatic N) is 2. The van der Waals surface area contributed by atoms with Crippen LogP contribution < -0.4 is 5.32 Å². The van der Waals surface area contributed by atoms with Crippen LogP contribution in [-0.2, 0) is 13.1 Å². The molecule has 0 amide bonds. The minimum atomic E-state index is 0.743. The second-order valence-corrected chi connectivity index (χ2v) is 6.91. The SMILES string of the molecule is C=C(CCC)CNC(C)=NCc1cccc(CN2CCCCC2)c1. The van der Waals surface area contributed by atoms with Gasteiger partial charge in [-0.25, -0.2) is 0 Å². The maximum absolute atomic E-state index is 4.67. The Morgan fingerprint density at radius 2 is 1.96 bits per heavy atom. The third-order valence-corrected chi connectivity index (χ3v) is 4.54. The van der Waals surface area contributed by atoms with Crippen LogP contribution in [0, 0.1) is 0 Å². The van der Waals surface area contributed by atoms with Gasteiger partial charge in [0.15, 0.2) is 0 Å². The summed E-state index contributed by atoms with van der Waals surface area (Å²) in [5, 5.41) is 3.36.